The van der Waals surface area contributed by atoms with Gasteiger partial charge in [-0.25, -0.2) is 4.39 Å². The summed E-state index contributed by atoms with van der Waals surface area (Å²) in [7, 11) is 0. The lowest BCUT2D eigenvalue weighted by Crippen LogP contribution is -2.14. The Hall–Kier alpha value is -2.13. The van der Waals surface area contributed by atoms with Crippen molar-refractivity contribution < 1.29 is 8.81 Å². The van der Waals surface area contributed by atoms with E-state index in [0.29, 0.717) is 11.3 Å². The molecule has 1 aromatic heterocycles. The molecule has 0 aliphatic carbocycles. The van der Waals surface area contributed by atoms with Crippen LogP contribution in [-0.2, 0) is 0 Å². The number of halogens is 1. The number of hydrogen-bond acceptors (Lipinski definition) is 2. The Morgan fingerprint density at radius 2 is 1.76 bits per heavy atom. The van der Waals surface area contributed by atoms with Crippen molar-refractivity contribution in [3.05, 3.63) is 70.2 Å². The molecule has 0 aliphatic heterocycles. The van der Waals surface area contributed by atoms with Crippen LogP contribution in [0.5, 0.6) is 0 Å². The molecule has 3 heteroatoms. The Morgan fingerprint density at radius 1 is 1.00 bits per heavy atom. The summed E-state index contributed by atoms with van der Waals surface area (Å²) in [5.74, 6) is 0.304. The quantitative estimate of drug-likeness (QED) is 0.749. The molecule has 1 heterocycles. The van der Waals surface area contributed by atoms with Crippen molar-refractivity contribution in [1.29, 1.82) is 0 Å². The molecule has 2 nitrogen and oxygen atoms in total. The van der Waals surface area contributed by atoms with E-state index in [2.05, 4.69) is 0 Å². The molecule has 0 saturated heterocycles. The molecule has 1 unspecified atom stereocenters. The first kappa shape index (κ1) is 13.8. The van der Waals surface area contributed by atoms with Crippen molar-refractivity contribution in [2.45, 2.75) is 26.8 Å². The van der Waals surface area contributed by atoms with Crippen LogP contribution in [-0.4, -0.2) is 0 Å². The normalized spacial score (nSPS) is 12.8. The second-order valence-electron chi connectivity index (χ2n) is 5.65. The summed E-state index contributed by atoms with van der Waals surface area (Å²) < 4.78 is 20.0. The van der Waals surface area contributed by atoms with Gasteiger partial charge in [-0.05, 0) is 56.2 Å². The molecule has 3 aromatic rings. The predicted octanol–water partition coefficient (Wildman–Crippen LogP) is 4.55. The zero-order valence-corrected chi connectivity index (χ0v) is 12.4. The van der Waals surface area contributed by atoms with Crippen LogP contribution < -0.4 is 5.73 Å². The molecule has 0 saturated carbocycles. The van der Waals surface area contributed by atoms with Crippen molar-refractivity contribution >= 4 is 11.0 Å². The van der Waals surface area contributed by atoms with E-state index in [0.717, 1.165) is 27.7 Å². The molecule has 0 spiro atoms. The number of aryl methyl sites for hydroxylation is 3. The molecule has 2 aromatic carbocycles. The molecule has 0 radical (unpaired) electrons. The Balaban J connectivity index is 2.10. The highest BCUT2D eigenvalue weighted by Gasteiger charge is 2.20. The van der Waals surface area contributed by atoms with Crippen LogP contribution in [0.2, 0.25) is 0 Å². The third kappa shape index (κ3) is 2.45. The molecule has 108 valence electrons. The molecule has 0 bridgehead atoms. The maximum Gasteiger partial charge on any atom is 0.134 e. The van der Waals surface area contributed by atoms with Gasteiger partial charge >= 0.3 is 0 Å². The highest BCUT2D eigenvalue weighted by Crippen LogP contribution is 2.30. The summed E-state index contributed by atoms with van der Waals surface area (Å²) in [4.78, 5) is 0. The molecule has 2 N–H and O–H groups in total. The van der Waals surface area contributed by atoms with Gasteiger partial charge in [0.05, 0.1) is 6.04 Å². The lowest BCUT2D eigenvalue weighted by atomic mass is 9.97. The fourth-order valence-electron chi connectivity index (χ4n) is 2.80. The molecular formula is C18H18FNO. The van der Waals surface area contributed by atoms with Crippen LogP contribution in [0.3, 0.4) is 0 Å². The summed E-state index contributed by atoms with van der Waals surface area (Å²) in [5.41, 5.74) is 10.4. The van der Waals surface area contributed by atoms with Gasteiger partial charge in [0, 0.05) is 10.9 Å². The second-order valence-corrected chi connectivity index (χ2v) is 5.65. The SMILES string of the molecule is Cc1cc(C)c(C(N)c2cc3cc(C)ccc3o2)c(F)c1. The summed E-state index contributed by atoms with van der Waals surface area (Å²) in [5, 5.41) is 0.991. The van der Waals surface area contributed by atoms with E-state index < -0.39 is 6.04 Å². The molecule has 0 aliphatic rings. The summed E-state index contributed by atoms with van der Waals surface area (Å²) in [6.07, 6.45) is 0. The minimum absolute atomic E-state index is 0.281. The number of furan rings is 1. The lowest BCUT2D eigenvalue weighted by Gasteiger charge is -2.14. The highest BCUT2D eigenvalue weighted by molar-refractivity contribution is 5.79. The van der Waals surface area contributed by atoms with Gasteiger partial charge in [-0.2, -0.15) is 0 Å². The Kier molecular flexibility index (Phi) is 3.30. The molecular weight excluding hydrogens is 265 g/mol. The Bertz CT molecular complexity index is 796. The smallest absolute Gasteiger partial charge is 0.134 e. The van der Waals surface area contributed by atoms with E-state index in [1.165, 1.54) is 6.07 Å². The topological polar surface area (TPSA) is 39.2 Å². The minimum atomic E-state index is -0.599. The number of rotatable bonds is 2. The van der Waals surface area contributed by atoms with Gasteiger partial charge in [0.15, 0.2) is 0 Å². The van der Waals surface area contributed by atoms with E-state index >= 15 is 0 Å². The van der Waals surface area contributed by atoms with Gasteiger partial charge in [0.1, 0.15) is 17.2 Å². The Morgan fingerprint density at radius 3 is 2.48 bits per heavy atom. The van der Waals surface area contributed by atoms with Gasteiger partial charge in [0.25, 0.3) is 0 Å². The van der Waals surface area contributed by atoms with Crippen LogP contribution >= 0.6 is 0 Å². The summed E-state index contributed by atoms with van der Waals surface area (Å²) in [6, 6.07) is 10.7. The van der Waals surface area contributed by atoms with Crippen molar-refractivity contribution in [1.82, 2.24) is 0 Å². The standard InChI is InChI=1S/C18H18FNO/c1-10-4-5-15-13(7-10)9-16(21-15)18(20)17-12(3)6-11(2)8-14(17)19/h4-9,18H,20H2,1-3H3. The van der Waals surface area contributed by atoms with Crippen molar-refractivity contribution in [2.75, 3.05) is 0 Å². The van der Waals surface area contributed by atoms with Crippen LogP contribution in [0.4, 0.5) is 4.39 Å². The fraction of sp³-hybridized carbons (Fsp3) is 0.222. The van der Waals surface area contributed by atoms with Crippen LogP contribution in [0.25, 0.3) is 11.0 Å². The van der Waals surface area contributed by atoms with E-state index in [1.54, 1.807) is 0 Å². The number of benzene rings is 2. The van der Waals surface area contributed by atoms with Crippen LogP contribution in [0.1, 0.15) is 34.1 Å². The van der Waals surface area contributed by atoms with Gasteiger partial charge in [-0.15, -0.1) is 0 Å². The maximum atomic E-state index is 14.2. The molecule has 3 rings (SSSR count). The number of nitrogens with two attached hydrogens (primary N) is 1. The molecule has 1 atom stereocenters. The van der Waals surface area contributed by atoms with Crippen molar-refractivity contribution in [3.8, 4) is 0 Å². The Labute approximate surface area is 123 Å². The number of hydrogen-bond donors (Lipinski definition) is 1. The van der Waals surface area contributed by atoms with Crippen LogP contribution in [0, 0.1) is 26.6 Å². The first-order valence-electron chi connectivity index (χ1n) is 6.98. The fourth-order valence-corrected chi connectivity index (χ4v) is 2.80. The number of fused-ring (bicyclic) bond motifs is 1. The predicted molar refractivity (Wildman–Crippen MR) is 82.9 cm³/mol. The average molecular weight is 283 g/mol. The van der Waals surface area contributed by atoms with Gasteiger partial charge in [-0.1, -0.05) is 17.7 Å². The van der Waals surface area contributed by atoms with E-state index in [9.17, 15) is 4.39 Å². The summed E-state index contributed by atoms with van der Waals surface area (Å²) in [6.45, 7) is 5.77. The third-order valence-corrected chi connectivity index (χ3v) is 3.79. The van der Waals surface area contributed by atoms with Crippen molar-refractivity contribution in [2.24, 2.45) is 5.73 Å². The lowest BCUT2D eigenvalue weighted by molar-refractivity contribution is 0.508. The van der Waals surface area contributed by atoms with E-state index in [-0.39, 0.29) is 5.82 Å². The van der Waals surface area contributed by atoms with Gasteiger partial charge < -0.3 is 10.2 Å². The summed E-state index contributed by atoms with van der Waals surface area (Å²) >= 11 is 0. The van der Waals surface area contributed by atoms with E-state index in [4.69, 9.17) is 10.2 Å². The van der Waals surface area contributed by atoms with Gasteiger partial charge in [-0.3, -0.25) is 0 Å². The monoisotopic (exact) mass is 283 g/mol. The largest absolute Gasteiger partial charge is 0.459 e. The molecule has 21 heavy (non-hydrogen) atoms. The minimum Gasteiger partial charge on any atom is -0.459 e. The van der Waals surface area contributed by atoms with Gasteiger partial charge in [0.2, 0.25) is 0 Å². The van der Waals surface area contributed by atoms with Crippen molar-refractivity contribution in [3.63, 3.8) is 0 Å². The zero-order chi connectivity index (χ0) is 15.1. The second kappa shape index (κ2) is 5.01. The first-order valence-corrected chi connectivity index (χ1v) is 6.98. The maximum absolute atomic E-state index is 14.2. The molecule has 0 amide bonds. The van der Waals surface area contributed by atoms with E-state index in [1.807, 2.05) is 51.1 Å². The third-order valence-electron chi connectivity index (χ3n) is 3.79. The zero-order valence-electron chi connectivity index (χ0n) is 12.4. The molecule has 0 fully saturated rings. The van der Waals surface area contributed by atoms with Crippen LogP contribution in [0.15, 0.2) is 40.8 Å². The average Bonchev–Trinajstić information content (AvgIpc) is 2.80. The first-order chi connectivity index (χ1) is 9.95. The highest BCUT2D eigenvalue weighted by atomic mass is 19.1.